The Kier molecular flexibility index (Phi) is 2.79. The first-order valence-electron chi connectivity index (χ1n) is 6.53. The van der Waals surface area contributed by atoms with E-state index in [0.717, 1.165) is 12.0 Å². The van der Waals surface area contributed by atoms with Crippen LogP contribution >= 0.6 is 0 Å². The lowest BCUT2D eigenvalue weighted by molar-refractivity contribution is 0.233. The van der Waals surface area contributed by atoms with Gasteiger partial charge in [0.25, 0.3) is 0 Å². The average molecular weight is 234 g/mol. The van der Waals surface area contributed by atoms with Crippen LogP contribution in [0.4, 0.5) is 10.1 Å². The average Bonchev–Trinajstić information content (AvgIpc) is 2.36. The number of rotatable bonds is 1. The van der Waals surface area contributed by atoms with Gasteiger partial charge >= 0.3 is 0 Å². The van der Waals surface area contributed by atoms with Gasteiger partial charge in [0.2, 0.25) is 0 Å². The molecule has 0 aromatic heterocycles. The first-order valence-corrected chi connectivity index (χ1v) is 6.53. The molecule has 1 fully saturated rings. The standard InChI is InChI=1S/C14H19FN2/c15-12-6-2-4-10-7-9-3-1-5-11(8-16)13(9)17-14(10)12/h2,4,6,9,11,13,17H,1,3,5,7-8,16H2. The molecule has 2 nitrogen and oxygen atoms in total. The predicted molar refractivity (Wildman–Crippen MR) is 67.4 cm³/mol. The minimum atomic E-state index is -0.123. The van der Waals surface area contributed by atoms with E-state index in [-0.39, 0.29) is 5.82 Å². The van der Waals surface area contributed by atoms with Gasteiger partial charge in [-0.3, -0.25) is 0 Å². The number of nitrogens with one attached hydrogen (secondary N) is 1. The highest BCUT2D eigenvalue weighted by atomic mass is 19.1. The van der Waals surface area contributed by atoms with Gasteiger partial charge in [0.05, 0.1) is 5.69 Å². The maximum absolute atomic E-state index is 13.8. The Morgan fingerprint density at radius 1 is 1.35 bits per heavy atom. The largest absolute Gasteiger partial charge is 0.379 e. The highest BCUT2D eigenvalue weighted by Gasteiger charge is 2.36. The van der Waals surface area contributed by atoms with Crippen molar-refractivity contribution in [2.45, 2.75) is 31.7 Å². The van der Waals surface area contributed by atoms with E-state index in [4.69, 9.17) is 5.73 Å². The molecule has 3 atom stereocenters. The van der Waals surface area contributed by atoms with Crippen LogP contribution in [0.25, 0.3) is 0 Å². The molecule has 0 spiro atoms. The molecule has 3 unspecified atom stereocenters. The molecule has 92 valence electrons. The van der Waals surface area contributed by atoms with Gasteiger partial charge in [-0.2, -0.15) is 0 Å². The summed E-state index contributed by atoms with van der Waals surface area (Å²) in [6.07, 6.45) is 4.68. The van der Waals surface area contributed by atoms with Crippen molar-refractivity contribution in [3.05, 3.63) is 29.6 Å². The van der Waals surface area contributed by atoms with E-state index in [1.54, 1.807) is 6.07 Å². The molecule has 0 radical (unpaired) electrons. The summed E-state index contributed by atoms with van der Waals surface area (Å²) in [5, 5.41) is 3.41. The Labute approximate surface area is 101 Å². The fraction of sp³-hybridized carbons (Fsp3) is 0.571. The van der Waals surface area contributed by atoms with Gasteiger partial charge in [-0.05, 0) is 49.3 Å². The van der Waals surface area contributed by atoms with Crippen molar-refractivity contribution in [3.63, 3.8) is 0 Å². The van der Waals surface area contributed by atoms with Crippen molar-refractivity contribution in [3.8, 4) is 0 Å². The smallest absolute Gasteiger partial charge is 0.146 e. The molecule has 1 aromatic rings. The summed E-state index contributed by atoms with van der Waals surface area (Å²) in [6, 6.07) is 5.75. The van der Waals surface area contributed by atoms with Gasteiger partial charge in [0.1, 0.15) is 5.82 Å². The van der Waals surface area contributed by atoms with E-state index < -0.39 is 0 Å². The second-order valence-corrected chi connectivity index (χ2v) is 5.33. The van der Waals surface area contributed by atoms with Crippen molar-refractivity contribution in [2.24, 2.45) is 17.6 Å². The van der Waals surface area contributed by atoms with Gasteiger partial charge < -0.3 is 11.1 Å². The van der Waals surface area contributed by atoms with E-state index in [0.29, 0.717) is 30.1 Å². The molecule has 1 aromatic carbocycles. The topological polar surface area (TPSA) is 38.0 Å². The number of fused-ring (bicyclic) bond motifs is 2. The first-order chi connectivity index (χ1) is 8.29. The van der Waals surface area contributed by atoms with Crippen LogP contribution in [0, 0.1) is 17.7 Å². The van der Waals surface area contributed by atoms with E-state index in [9.17, 15) is 4.39 Å². The highest BCUT2D eigenvalue weighted by Crippen LogP contribution is 2.39. The van der Waals surface area contributed by atoms with E-state index in [1.165, 1.54) is 25.3 Å². The highest BCUT2D eigenvalue weighted by molar-refractivity contribution is 5.55. The maximum Gasteiger partial charge on any atom is 0.146 e. The van der Waals surface area contributed by atoms with Gasteiger partial charge in [-0.25, -0.2) is 4.39 Å². The molecular formula is C14H19FN2. The number of para-hydroxylation sites is 1. The summed E-state index contributed by atoms with van der Waals surface area (Å²) in [5.74, 6) is 1.01. The minimum absolute atomic E-state index is 0.123. The zero-order valence-electron chi connectivity index (χ0n) is 9.95. The summed E-state index contributed by atoms with van der Waals surface area (Å²) < 4.78 is 13.8. The van der Waals surface area contributed by atoms with Crippen molar-refractivity contribution in [1.82, 2.24) is 0 Å². The maximum atomic E-state index is 13.8. The summed E-state index contributed by atoms with van der Waals surface area (Å²) in [4.78, 5) is 0. The molecule has 0 saturated heterocycles. The van der Waals surface area contributed by atoms with Crippen molar-refractivity contribution >= 4 is 5.69 Å². The molecule has 1 aliphatic heterocycles. The van der Waals surface area contributed by atoms with Gasteiger partial charge in [0, 0.05) is 6.04 Å². The number of hydrogen-bond acceptors (Lipinski definition) is 2. The van der Waals surface area contributed by atoms with Crippen LogP contribution in [0.2, 0.25) is 0 Å². The van der Waals surface area contributed by atoms with Crippen LogP contribution in [0.5, 0.6) is 0 Å². The lowest BCUT2D eigenvalue weighted by Gasteiger charge is -2.42. The Morgan fingerprint density at radius 3 is 3.06 bits per heavy atom. The Morgan fingerprint density at radius 2 is 2.24 bits per heavy atom. The number of hydrogen-bond donors (Lipinski definition) is 2. The molecular weight excluding hydrogens is 215 g/mol. The molecule has 3 N–H and O–H groups in total. The van der Waals surface area contributed by atoms with Gasteiger partial charge in [0.15, 0.2) is 0 Å². The molecule has 1 heterocycles. The van der Waals surface area contributed by atoms with Gasteiger partial charge in [-0.1, -0.05) is 18.6 Å². The normalized spacial score (nSPS) is 31.3. The summed E-state index contributed by atoms with van der Waals surface area (Å²) in [7, 11) is 0. The second kappa shape index (κ2) is 4.30. The zero-order chi connectivity index (χ0) is 11.8. The van der Waals surface area contributed by atoms with E-state index >= 15 is 0 Å². The van der Waals surface area contributed by atoms with Crippen LogP contribution in [0.3, 0.4) is 0 Å². The first kappa shape index (κ1) is 11.0. The second-order valence-electron chi connectivity index (χ2n) is 5.33. The Bertz CT molecular complexity index is 419. The monoisotopic (exact) mass is 234 g/mol. The third-order valence-corrected chi connectivity index (χ3v) is 4.36. The zero-order valence-corrected chi connectivity index (χ0v) is 9.95. The molecule has 0 amide bonds. The van der Waals surface area contributed by atoms with Crippen LogP contribution in [-0.4, -0.2) is 12.6 Å². The Hall–Kier alpha value is -1.09. The van der Waals surface area contributed by atoms with Crippen molar-refractivity contribution in [2.75, 3.05) is 11.9 Å². The number of nitrogens with two attached hydrogens (primary N) is 1. The molecule has 17 heavy (non-hydrogen) atoms. The predicted octanol–water partition coefficient (Wildman–Crippen LogP) is 2.54. The molecule has 1 saturated carbocycles. The van der Waals surface area contributed by atoms with Crippen LogP contribution in [-0.2, 0) is 6.42 Å². The molecule has 1 aliphatic carbocycles. The lowest BCUT2D eigenvalue weighted by atomic mass is 9.72. The lowest BCUT2D eigenvalue weighted by Crippen LogP contribution is -2.46. The van der Waals surface area contributed by atoms with Crippen molar-refractivity contribution < 1.29 is 4.39 Å². The van der Waals surface area contributed by atoms with Crippen LogP contribution in [0.1, 0.15) is 24.8 Å². The van der Waals surface area contributed by atoms with Crippen LogP contribution in [0.15, 0.2) is 18.2 Å². The van der Waals surface area contributed by atoms with E-state index in [2.05, 4.69) is 5.32 Å². The minimum Gasteiger partial charge on any atom is -0.379 e. The Balaban J connectivity index is 1.93. The number of anilines is 1. The van der Waals surface area contributed by atoms with Crippen LogP contribution < -0.4 is 11.1 Å². The molecule has 2 aliphatic rings. The third kappa shape index (κ3) is 1.82. The van der Waals surface area contributed by atoms with E-state index in [1.807, 2.05) is 6.07 Å². The number of halogens is 1. The molecule has 3 heteroatoms. The summed E-state index contributed by atoms with van der Waals surface area (Å²) in [6.45, 7) is 0.706. The summed E-state index contributed by atoms with van der Waals surface area (Å²) >= 11 is 0. The fourth-order valence-electron chi connectivity index (χ4n) is 3.47. The molecule has 3 rings (SSSR count). The number of benzene rings is 1. The van der Waals surface area contributed by atoms with Crippen molar-refractivity contribution in [1.29, 1.82) is 0 Å². The van der Waals surface area contributed by atoms with Gasteiger partial charge in [-0.15, -0.1) is 0 Å². The third-order valence-electron chi connectivity index (χ3n) is 4.36. The SMILES string of the molecule is NCC1CCCC2Cc3cccc(F)c3NC12. The summed E-state index contributed by atoms with van der Waals surface area (Å²) in [5.41, 5.74) is 7.68. The fourth-order valence-corrected chi connectivity index (χ4v) is 3.47. The quantitative estimate of drug-likeness (QED) is 0.783. The molecule has 0 bridgehead atoms.